The van der Waals surface area contributed by atoms with Crippen LogP contribution < -0.4 is 4.74 Å². The zero-order valence-corrected chi connectivity index (χ0v) is 15.0. The second-order valence-electron chi connectivity index (χ2n) is 5.22. The molecule has 4 aromatic rings. The number of aryl methyl sites for hydroxylation is 1. The molecule has 0 saturated heterocycles. The number of pyridine rings is 2. The van der Waals surface area contributed by atoms with Gasteiger partial charge in [-0.1, -0.05) is 11.6 Å². The minimum atomic E-state index is 0.273. The van der Waals surface area contributed by atoms with Crippen LogP contribution in [0.2, 0.25) is 5.15 Å². The van der Waals surface area contributed by atoms with Gasteiger partial charge < -0.3 is 4.74 Å². The molecule has 8 heteroatoms. The summed E-state index contributed by atoms with van der Waals surface area (Å²) in [4.78, 5) is 22.9. The van der Waals surface area contributed by atoms with Gasteiger partial charge in [-0.15, -0.1) is 11.3 Å². The summed E-state index contributed by atoms with van der Waals surface area (Å²) in [6, 6.07) is 5.61. The quantitative estimate of drug-likeness (QED) is 0.504. The monoisotopic (exact) mass is 369 g/mol. The Balaban J connectivity index is 1.99. The Bertz CT molecular complexity index is 1070. The fourth-order valence-electron chi connectivity index (χ4n) is 2.54. The number of rotatable bonds is 3. The molecule has 0 atom stereocenters. The van der Waals surface area contributed by atoms with Crippen LogP contribution in [0.25, 0.3) is 32.9 Å². The molecule has 0 aliphatic rings. The molecule has 4 aromatic heterocycles. The number of hydrogen-bond acceptors (Lipinski definition) is 7. The average Bonchev–Trinajstić information content (AvgIpc) is 3.03. The summed E-state index contributed by atoms with van der Waals surface area (Å²) in [6.07, 6.45) is 5.02. The standard InChI is InChI=1S/C17H12ClN5OS/c1-9-22-13(10-4-3-5-19-7-10)16(25-9)15-14-11(20-8-21-15)6-12(24-2)17(18)23-14/h3-8H,1-2H3. The van der Waals surface area contributed by atoms with Crippen molar-refractivity contribution in [3.05, 3.63) is 47.1 Å². The third-order valence-electron chi connectivity index (χ3n) is 3.64. The molecule has 0 aliphatic heterocycles. The van der Waals surface area contributed by atoms with Crippen molar-refractivity contribution in [2.45, 2.75) is 6.92 Å². The van der Waals surface area contributed by atoms with Crippen LogP contribution in [0.1, 0.15) is 5.01 Å². The fraction of sp³-hybridized carbons (Fsp3) is 0.118. The molecule has 124 valence electrons. The Hall–Kier alpha value is -2.64. The van der Waals surface area contributed by atoms with E-state index in [9.17, 15) is 0 Å². The van der Waals surface area contributed by atoms with E-state index in [2.05, 4.69) is 24.9 Å². The van der Waals surface area contributed by atoms with E-state index in [1.54, 1.807) is 36.9 Å². The molecular formula is C17H12ClN5OS. The fourth-order valence-corrected chi connectivity index (χ4v) is 3.70. The molecule has 0 fully saturated rings. The normalized spacial score (nSPS) is 11.0. The molecule has 6 nitrogen and oxygen atoms in total. The van der Waals surface area contributed by atoms with Gasteiger partial charge in [0.1, 0.15) is 17.5 Å². The Kier molecular flexibility index (Phi) is 4.03. The highest BCUT2D eigenvalue weighted by Crippen LogP contribution is 2.38. The maximum Gasteiger partial charge on any atom is 0.171 e. The summed E-state index contributed by atoms with van der Waals surface area (Å²) in [5.41, 5.74) is 3.72. The summed E-state index contributed by atoms with van der Waals surface area (Å²) < 4.78 is 5.22. The highest BCUT2D eigenvalue weighted by Gasteiger charge is 2.19. The maximum absolute atomic E-state index is 6.21. The lowest BCUT2D eigenvalue weighted by atomic mass is 10.1. The molecule has 0 aliphatic carbocycles. The summed E-state index contributed by atoms with van der Waals surface area (Å²) in [7, 11) is 1.55. The van der Waals surface area contributed by atoms with Crippen molar-refractivity contribution in [1.29, 1.82) is 0 Å². The van der Waals surface area contributed by atoms with E-state index in [0.717, 1.165) is 21.1 Å². The van der Waals surface area contributed by atoms with E-state index in [0.29, 0.717) is 22.5 Å². The lowest BCUT2D eigenvalue weighted by molar-refractivity contribution is 0.414. The Morgan fingerprint density at radius 1 is 1.16 bits per heavy atom. The van der Waals surface area contributed by atoms with Crippen molar-refractivity contribution in [1.82, 2.24) is 24.9 Å². The van der Waals surface area contributed by atoms with Gasteiger partial charge in [0.25, 0.3) is 0 Å². The van der Waals surface area contributed by atoms with Crippen molar-refractivity contribution in [3.8, 4) is 27.6 Å². The summed E-state index contributed by atoms with van der Waals surface area (Å²) in [6.45, 7) is 1.96. The van der Waals surface area contributed by atoms with Crippen LogP contribution in [0.3, 0.4) is 0 Å². The zero-order valence-electron chi connectivity index (χ0n) is 13.4. The van der Waals surface area contributed by atoms with Crippen molar-refractivity contribution in [2.24, 2.45) is 0 Å². The van der Waals surface area contributed by atoms with Gasteiger partial charge in [-0.2, -0.15) is 0 Å². The number of halogens is 1. The van der Waals surface area contributed by atoms with E-state index < -0.39 is 0 Å². The van der Waals surface area contributed by atoms with Crippen molar-refractivity contribution in [3.63, 3.8) is 0 Å². The maximum atomic E-state index is 6.21. The van der Waals surface area contributed by atoms with Gasteiger partial charge in [-0.25, -0.2) is 19.9 Å². The first kappa shape index (κ1) is 15.9. The third kappa shape index (κ3) is 2.81. The van der Waals surface area contributed by atoms with Crippen LogP contribution in [0.4, 0.5) is 0 Å². The SMILES string of the molecule is COc1cc2ncnc(-c3sc(C)nc3-c3cccnc3)c2nc1Cl. The molecule has 4 heterocycles. The van der Waals surface area contributed by atoms with Crippen molar-refractivity contribution < 1.29 is 4.74 Å². The molecule has 0 unspecified atom stereocenters. The Morgan fingerprint density at radius 2 is 2.04 bits per heavy atom. The molecule has 0 amide bonds. The van der Waals surface area contributed by atoms with Gasteiger partial charge in [0, 0.05) is 24.0 Å². The smallest absolute Gasteiger partial charge is 0.171 e. The number of nitrogens with zero attached hydrogens (tertiary/aromatic N) is 5. The first-order valence-corrected chi connectivity index (χ1v) is 8.60. The Morgan fingerprint density at radius 3 is 2.80 bits per heavy atom. The molecule has 0 spiro atoms. The van der Waals surface area contributed by atoms with Gasteiger partial charge in [0.2, 0.25) is 0 Å². The van der Waals surface area contributed by atoms with Gasteiger partial charge >= 0.3 is 0 Å². The summed E-state index contributed by atoms with van der Waals surface area (Å²) in [5, 5.41) is 1.20. The van der Waals surface area contributed by atoms with Crippen LogP contribution in [0.5, 0.6) is 5.75 Å². The lowest BCUT2D eigenvalue weighted by Crippen LogP contribution is -1.95. The summed E-state index contributed by atoms with van der Waals surface area (Å²) in [5.74, 6) is 0.479. The number of ether oxygens (including phenoxy) is 1. The topological polar surface area (TPSA) is 73.7 Å². The first-order chi connectivity index (χ1) is 12.2. The van der Waals surface area contributed by atoms with Crippen LogP contribution in [-0.4, -0.2) is 32.0 Å². The number of methoxy groups -OCH3 is 1. The number of aromatic nitrogens is 5. The molecule has 0 saturated carbocycles. The number of fused-ring (bicyclic) bond motifs is 1. The van der Waals surface area contributed by atoms with E-state index >= 15 is 0 Å². The molecule has 0 aromatic carbocycles. The van der Waals surface area contributed by atoms with Crippen molar-refractivity contribution in [2.75, 3.05) is 7.11 Å². The average molecular weight is 370 g/mol. The van der Waals surface area contributed by atoms with Crippen molar-refractivity contribution >= 4 is 34.0 Å². The van der Waals surface area contributed by atoms with Gasteiger partial charge in [-0.05, 0) is 19.1 Å². The van der Waals surface area contributed by atoms with Gasteiger partial charge in [0.15, 0.2) is 10.9 Å². The molecular weight excluding hydrogens is 358 g/mol. The second-order valence-corrected chi connectivity index (χ2v) is 6.78. The number of thiazole rings is 1. The summed E-state index contributed by atoms with van der Waals surface area (Å²) >= 11 is 7.76. The van der Waals surface area contributed by atoms with E-state index in [1.165, 1.54) is 6.33 Å². The van der Waals surface area contributed by atoms with E-state index in [-0.39, 0.29) is 5.15 Å². The zero-order chi connectivity index (χ0) is 17.4. The Labute approximate surface area is 152 Å². The third-order valence-corrected chi connectivity index (χ3v) is 4.88. The molecule has 4 rings (SSSR count). The second kappa shape index (κ2) is 6.34. The highest BCUT2D eigenvalue weighted by atomic mass is 35.5. The van der Waals surface area contributed by atoms with Crippen LogP contribution >= 0.6 is 22.9 Å². The largest absolute Gasteiger partial charge is 0.493 e. The highest BCUT2D eigenvalue weighted by molar-refractivity contribution is 7.15. The van der Waals surface area contributed by atoms with Crippen LogP contribution in [-0.2, 0) is 0 Å². The van der Waals surface area contributed by atoms with Crippen LogP contribution in [0, 0.1) is 6.92 Å². The lowest BCUT2D eigenvalue weighted by Gasteiger charge is -2.07. The predicted octanol–water partition coefficient (Wildman–Crippen LogP) is 4.18. The number of hydrogen-bond donors (Lipinski definition) is 0. The molecule has 0 bridgehead atoms. The van der Waals surface area contributed by atoms with Gasteiger partial charge in [-0.3, -0.25) is 4.98 Å². The first-order valence-electron chi connectivity index (χ1n) is 7.41. The molecule has 0 radical (unpaired) electrons. The minimum Gasteiger partial charge on any atom is -0.493 e. The predicted molar refractivity (Wildman–Crippen MR) is 98.0 cm³/mol. The van der Waals surface area contributed by atoms with E-state index in [4.69, 9.17) is 16.3 Å². The minimum absolute atomic E-state index is 0.273. The molecule has 25 heavy (non-hydrogen) atoms. The molecule has 0 N–H and O–H groups in total. The van der Waals surface area contributed by atoms with E-state index in [1.807, 2.05) is 19.1 Å². The van der Waals surface area contributed by atoms with Crippen LogP contribution in [0.15, 0.2) is 36.9 Å². The van der Waals surface area contributed by atoms with Gasteiger partial charge in [0.05, 0.1) is 28.2 Å².